The number of hydrogen-bond acceptors (Lipinski definition) is 3. The zero-order valence-electron chi connectivity index (χ0n) is 8.69. The molecule has 1 fully saturated rings. The molecule has 1 saturated heterocycles. The molecule has 2 N–H and O–H groups in total. The van der Waals surface area contributed by atoms with Crippen molar-refractivity contribution >= 4 is 11.8 Å². The van der Waals surface area contributed by atoms with Gasteiger partial charge >= 0.3 is 0 Å². The van der Waals surface area contributed by atoms with Crippen LogP contribution < -0.4 is 5.73 Å². The van der Waals surface area contributed by atoms with Gasteiger partial charge in [0.1, 0.15) is 0 Å². The summed E-state index contributed by atoms with van der Waals surface area (Å²) in [7, 11) is 1.85. The third-order valence-corrected chi connectivity index (χ3v) is 2.63. The van der Waals surface area contributed by atoms with Crippen LogP contribution in [0.1, 0.15) is 13.3 Å². The van der Waals surface area contributed by atoms with E-state index in [9.17, 15) is 9.59 Å². The fourth-order valence-electron chi connectivity index (χ4n) is 1.69. The van der Waals surface area contributed by atoms with Crippen LogP contribution in [0.2, 0.25) is 0 Å². The fourth-order valence-corrected chi connectivity index (χ4v) is 1.69. The van der Waals surface area contributed by atoms with Crippen molar-refractivity contribution in [3.05, 3.63) is 0 Å². The van der Waals surface area contributed by atoms with Crippen LogP contribution in [-0.2, 0) is 9.59 Å². The Kier molecular flexibility index (Phi) is 3.46. The van der Waals surface area contributed by atoms with E-state index in [-0.39, 0.29) is 18.4 Å². The fraction of sp³-hybridized carbons (Fsp3) is 0.778. The SMILES string of the molecule is CCN1CCN(C)C(CC(N)=O)C1=O. The van der Waals surface area contributed by atoms with Gasteiger partial charge in [-0.05, 0) is 14.0 Å². The number of piperazine rings is 1. The van der Waals surface area contributed by atoms with Gasteiger partial charge in [0.15, 0.2) is 0 Å². The van der Waals surface area contributed by atoms with Crippen LogP contribution in [-0.4, -0.2) is 54.3 Å². The number of rotatable bonds is 3. The van der Waals surface area contributed by atoms with E-state index >= 15 is 0 Å². The van der Waals surface area contributed by atoms with Crippen molar-refractivity contribution < 1.29 is 9.59 Å². The Hall–Kier alpha value is -1.10. The Labute approximate surface area is 83.8 Å². The lowest BCUT2D eigenvalue weighted by Crippen LogP contribution is -2.56. The molecule has 0 spiro atoms. The van der Waals surface area contributed by atoms with Crippen molar-refractivity contribution in [2.75, 3.05) is 26.7 Å². The van der Waals surface area contributed by atoms with Gasteiger partial charge in [-0.2, -0.15) is 0 Å². The maximum Gasteiger partial charge on any atom is 0.240 e. The van der Waals surface area contributed by atoms with E-state index in [1.54, 1.807) is 4.90 Å². The highest BCUT2D eigenvalue weighted by atomic mass is 16.2. The van der Waals surface area contributed by atoms with E-state index in [2.05, 4.69) is 0 Å². The highest BCUT2D eigenvalue weighted by molar-refractivity contribution is 5.88. The number of hydrogen-bond donors (Lipinski definition) is 1. The first kappa shape index (κ1) is 11.0. The predicted octanol–water partition coefficient (Wildman–Crippen LogP) is -0.976. The standard InChI is InChI=1S/C9H17N3O2/c1-3-12-5-4-11(2)7(9(12)14)6-8(10)13/h7H,3-6H2,1-2H3,(H2,10,13). The van der Waals surface area contributed by atoms with Gasteiger partial charge in [-0.15, -0.1) is 0 Å². The maximum atomic E-state index is 11.8. The van der Waals surface area contributed by atoms with Gasteiger partial charge in [0.2, 0.25) is 11.8 Å². The Bertz CT molecular complexity index is 242. The van der Waals surface area contributed by atoms with E-state index in [1.807, 2.05) is 18.9 Å². The van der Waals surface area contributed by atoms with E-state index < -0.39 is 5.91 Å². The molecular weight excluding hydrogens is 182 g/mol. The first-order valence-corrected chi connectivity index (χ1v) is 4.83. The van der Waals surface area contributed by atoms with Crippen LogP contribution in [0.25, 0.3) is 0 Å². The molecule has 80 valence electrons. The monoisotopic (exact) mass is 199 g/mol. The van der Waals surface area contributed by atoms with E-state index in [1.165, 1.54) is 0 Å². The molecular formula is C9H17N3O2. The molecule has 0 radical (unpaired) electrons. The molecule has 0 aromatic carbocycles. The van der Waals surface area contributed by atoms with E-state index in [4.69, 9.17) is 5.73 Å². The van der Waals surface area contributed by atoms with E-state index in [0.29, 0.717) is 6.54 Å². The zero-order valence-corrected chi connectivity index (χ0v) is 8.69. The van der Waals surface area contributed by atoms with Crippen molar-refractivity contribution in [2.24, 2.45) is 5.73 Å². The molecule has 2 amide bonds. The maximum absolute atomic E-state index is 11.8. The number of likely N-dealkylation sites (N-methyl/N-ethyl adjacent to an activating group) is 2. The zero-order chi connectivity index (χ0) is 10.7. The lowest BCUT2D eigenvalue weighted by molar-refractivity contribution is -0.143. The minimum atomic E-state index is -0.423. The van der Waals surface area contributed by atoms with Crippen LogP contribution in [0.5, 0.6) is 0 Å². The number of carbonyl (C=O) groups is 2. The summed E-state index contributed by atoms with van der Waals surface area (Å²) in [5.41, 5.74) is 5.10. The first-order valence-electron chi connectivity index (χ1n) is 4.83. The van der Waals surface area contributed by atoms with Gasteiger partial charge in [-0.25, -0.2) is 0 Å². The summed E-state index contributed by atoms with van der Waals surface area (Å²) in [4.78, 5) is 26.2. The predicted molar refractivity (Wildman–Crippen MR) is 52.5 cm³/mol. The normalized spacial score (nSPS) is 24.0. The average molecular weight is 199 g/mol. The van der Waals surface area contributed by atoms with Gasteiger partial charge in [-0.3, -0.25) is 14.5 Å². The molecule has 0 saturated carbocycles. The number of primary amides is 1. The molecule has 1 heterocycles. The first-order chi connectivity index (χ1) is 6.56. The molecule has 1 aliphatic heterocycles. The largest absolute Gasteiger partial charge is 0.370 e. The molecule has 0 aromatic heterocycles. The second-order valence-electron chi connectivity index (χ2n) is 3.58. The quantitative estimate of drug-likeness (QED) is 0.635. The molecule has 1 unspecified atom stereocenters. The van der Waals surface area contributed by atoms with Gasteiger partial charge in [-0.1, -0.05) is 0 Å². The highest BCUT2D eigenvalue weighted by Crippen LogP contribution is 2.11. The van der Waals surface area contributed by atoms with Gasteiger partial charge in [0.05, 0.1) is 12.5 Å². The smallest absolute Gasteiger partial charge is 0.240 e. The van der Waals surface area contributed by atoms with Crippen molar-refractivity contribution in [2.45, 2.75) is 19.4 Å². The van der Waals surface area contributed by atoms with Crippen LogP contribution >= 0.6 is 0 Å². The lowest BCUT2D eigenvalue weighted by atomic mass is 10.1. The number of amides is 2. The minimum Gasteiger partial charge on any atom is -0.370 e. The number of nitrogens with two attached hydrogens (primary N) is 1. The Morgan fingerprint density at radius 1 is 1.57 bits per heavy atom. The van der Waals surface area contributed by atoms with Crippen LogP contribution in [0, 0.1) is 0 Å². The summed E-state index contributed by atoms with van der Waals surface area (Å²) in [5, 5.41) is 0. The third-order valence-electron chi connectivity index (χ3n) is 2.63. The molecule has 1 rings (SSSR count). The Morgan fingerprint density at radius 2 is 2.21 bits per heavy atom. The molecule has 0 bridgehead atoms. The summed E-state index contributed by atoms with van der Waals surface area (Å²) < 4.78 is 0. The summed E-state index contributed by atoms with van der Waals surface area (Å²) in [5.74, 6) is -0.409. The molecule has 1 atom stereocenters. The van der Waals surface area contributed by atoms with Crippen LogP contribution in [0.3, 0.4) is 0 Å². The highest BCUT2D eigenvalue weighted by Gasteiger charge is 2.32. The Morgan fingerprint density at radius 3 is 2.71 bits per heavy atom. The molecule has 0 aliphatic carbocycles. The molecule has 5 nitrogen and oxygen atoms in total. The van der Waals surface area contributed by atoms with Crippen molar-refractivity contribution in [1.82, 2.24) is 9.80 Å². The molecule has 0 aromatic rings. The third kappa shape index (κ3) is 2.23. The number of nitrogens with zero attached hydrogens (tertiary/aromatic N) is 2. The molecule has 1 aliphatic rings. The van der Waals surface area contributed by atoms with E-state index in [0.717, 1.165) is 13.1 Å². The molecule has 14 heavy (non-hydrogen) atoms. The van der Waals surface area contributed by atoms with Gasteiger partial charge in [0, 0.05) is 19.6 Å². The topological polar surface area (TPSA) is 66.6 Å². The van der Waals surface area contributed by atoms with Crippen molar-refractivity contribution in [3.8, 4) is 0 Å². The summed E-state index contributed by atoms with van der Waals surface area (Å²) in [6, 6.07) is -0.360. The average Bonchev–Trinajstić information content (AvgIpc) is 2.12. The van der Waals surface area contributed by atoms with Crippen molar-refractivity contribution in [3.63, 3.8) is 0 Å². The summed E-state index contributed by atoms with van der Waals surface area (Å²) >= 11 is 0. The Balaban J connectivity index is 2.68. The van der Waals surface area contributed by atoms with Crippen LogP contribution in [0.4, 0.5) is 0 Å². The number of carbonyl (C=O) groups excluding carboxylic acids is 2. The molecule has 5 heteroatoms. The summed E-state index contributed by atoms with van der Waals surface area (Å²) in [6.07, 6.45) is 0.117. The minimum absolute atomic E-state index is 0.0139. The second-order valence-corrected chi connectivity index (χ2v) is 3.58. The van der Waals surface area contributed by atoms with Crippen molar-refractivity contribution in [1.29, 1.82) is 0 Å². The second kappa shape index (κ2) is 4.41. The van der Waals surface area contributed by atoms with Gasteiger partial charge < -0.3 is 10.6 Å². The van der Waals surface area contributed by atoms with Gasteiger partial charge in [0.25, 0.3) is 0 Å². The van der Waals surface area contributed by atoms with Crippen LogP contribution in [0.15, 0.2) is 0 Å². The lowest BCUT2D eigenvalue weighted by Gasteiger charge is -2.37. The summed E-state index contributed by atoms with van der Waals surface area (Å²) in [6.45, 7) is 4.17.